The van der Waals surface area contributed by atoms with Crippen molar-refractivity contribution >= 4 is 28.7 Å². The molecule has 1 N–H and O–H groups in total. The molecule has 2 heterocycles. The second-order valence-corrected chi connectivity index (χ2v) is 5.82. The Kier molecular flexibility index (Phi) is 4.77. The Morgan fingerprint density at radius 1 is 1.26 bits per heavy atom. The summed E-state index contributed by atoms with van der Waals surface area (Å²) in [5.41, 5.74) is 3.57. The zero-order valence-corrected chi connectivity index (χ0v) is 13.1. The van der Waals surface area contributed by atoms with Crippen molar-refractivity contribution in [2.75, 3.05) is 12.3 Å². The maximum absolute atomic E-state index is 12.0. The fraction of sp³-hybridized carbons (Fsp3) is 0.188. The number of carbonyl (C=O) groups excluding carboxylic acids is 2. The highest BCUT2D eigenvalue weighted by atomic mass is 32.2. The Hall–Kier alpha value is -2.54. The molecule has 0 bridgehead atoms. The first-order valence-corrected chi connectivity index (χ1v) is 8.11. The van der Waals surface area contributed by atoms with E-state index < -0.39 is 5.91 Å². The summed E-state index contributed by atoms with van der Waals surface area (Å²) >= 11 is 1.31. The van der Waals surface area contributed by atoms with Crippen LogP contribution in [0.3, 0.4) is 0 Å². The minimum absolute atomic E-state index is 0.00284. The van der Waals surface area contributed by atoms with Gasteiger partial charge in [-0.2, -0.15) is 0 Å². The lowest BCUT2D eigenvalue weighted by atomic mass is 10.1. The maximum Gasteiger partial charge on any atom is 0.307 e. The van der Waals surface area contributed by atoms with Gasteiger partial charge in [0, 0.05) is 6.54 Å². The van der Waals surface area contributed by atoms with Gasteiger partial charge in [0.15, 0.2) is 10.9 Å². The minimum atomic E-state index is -0.439. The van der Waals surface area contributed by atoms with Crippen LogP contribution in [0.25, 0.3) is 0 Å². The molecule has 23 heavy (non-hydrogen) atoms. The van der Waals surface area contributed by atoms with E-state index in [0.29, 0.717) is 17.5 Å². The third-order valence-corrected chi connectivity index (χ3v) is 4.28. The van der Waals surface area contributed by atoms with Crippen LogP contribution in [0.4, 0.5) is 0 Å². The number of hydrogen-bond acceptors (Lipinski definition) is 5. The molecule has 1 saturated heterocycles. The summed E-state index contributed by atoms with van der Waals surface area (Å²) < 4.78 is 5.00. The Morgan fingerprint density at radius 3 is 2.83 bits per heavy atom. The fourth-order valence-electron chi connectivity index (χ4n) is 2.15. The van der Waals surface area contributed by atoms with Crippen LogP contribution in [0.1, 0.15) is 16.1 Å². The van der Waals surface area contributed by atoms with Crippen LogP contribution in [0.15, 0.2) is 58.2 Å². The van der Waals surface area contributed by atoms with Crippen molar-refractivity contribution in [3.05, 3.63) is 60.1 Å². The first-order valence-electron chi connectivity index (χ1n) is 7.12. The Labute approximate surface area is 137 Å². The second-order valence-electron chi connectivity index (χ2n) is 4.88. The number of amidine groups is 1. The molecule has 1 aromatic heterocycles. The lowest BCUT2D eigenvalue weighted by Crippen LogP contribution is -2.33. The maximum atomic E-state index is 12.0. The van der Waals surface area contributed by atoms with Crippen LogP contribution in [0.2, 0.25) is 0 Å². The van der Waals surface area contributed by atoms with E-state index in [0.717, 1.165) is 12.0 Å². The molecule has 6 nitrogen and oxygen atoms in total. The lowest BCUT2D eigenvalue weighted by molar-refractivity contribution is -0.124. The van der Waals surface area contributed by atoms with E-state index in [1.54, 1.807) is 17.0 Å². The monoisotopic (exact) mass is 329 g/mol. The van der Waals surface area contributed by atoms with Crippen molar-refractivity contribution < 1.29 is 14.0 Å². The topological polar surface area (TPSA) is 74.9 Å². The number of hydrazone groups is 1. The van der Waals surface area contributed by atoms with Crippen molar-refractivity contribution in [1.82, 2.24) is 10.3 Å². The van der Waals surface area contributed by atoms with Gasteiger partial charge in [-0.3, -0.25) is 14.5 Å². The molecule has 2 amide bonds. The molecule has 0 unspecified atom stereocenters. The van der Waals surface area contributed by atoms with Crippen molar-refractivity contribution in [1.29, 1.82) is 0 Å². The molecule has 1 aromatic carbocycles. The molecule has 7 heteroatoms. The van der Waals surface area contributed by atoms with E-state index in [9.17, 15) is 9.59 Å². The summed E-state index contributed by atoms with van der Waals surface area (Å²) in [6, 6.07) is 13.1. The number of nitrogens with one attached hydrogen (secondary N) is 1. The molecule has 0 radical (unpaired) electrons. The van der Waals surface area contributed by atoms with E-state index in [1.165, 1.54) is 18.0 Å². The van der Waals surface area contributed by atoms with Gasteiger partial charge in [0.1, 0.15) is 0 Å². The molecular formula is C16H15N3O3S. The number of hydrogen-bond donors (Lipinski definition) is 1. The van der Waals surface area contributed by atoms with Gasteiger partial charge in [-0.25, -0.2) is 5.43 Å². The largest absolute Gasteiger partial charge is 0.459 e. The molecule has 0 aliphatic carbocycles. The highest BCUT2D eigenvalue weighted by molar-refractivity contribution is 8.15. The number of nitrogens with zero attached hydrogens (tertiary/aromatic N) is 2. The minimum Gasteiger partial charge on any atom is -0.459 e. The molecule has 3 rings (SSSR count). The molecule has 0 atom stereocenters. The number of thioether (sulfide) groups is 1. The van der Waals surface area contributed by atoms with Crippen molar-refractivity contribution in [3.63, 3.8) is 0 Å². The van der Waals surface area contributed by atoms with E-state index in [1.807, 2.05) is 30.3 Å². The summed E-state index contributed by atoms with van der Waals surface area (Å²) in [5.74, 6) is 0.0754. The molecule has 1 fully saturated rings. The third kappa shape index (κ3) is 3.81. The molecular weight excluding hydrogens is 314 g/mol. The number of rotatable bonds is 5. The fourth-order valence-corrected chi connectivity index (χ4v) is 3.02. The zero-order valence-electron chi connectivity index (χ0n) is 12.3. The van der Waals surface area contributed by atoms with Gasteiger partial charge in [-0.1, -0.05) is 42.1 Å². The standard InChI is InChI=1S/C16H15N3O3S/c20-14-11-23-16(18-17-15(21)13-7-4-10-22-13)19(14)9-8-12-5-2-1-3-6-12/h1-7,10H,8-9,11H2,(H,17,21)/b18-16+. The average molecular weight is 329 g/mol. The normalized spacial score (nSPS) is 16.1. The number of carbonyl (C=O) groups is 2. The number of amides is 2. The summed E-state index contributed by atoms with van der Waals surface area (Å²) in [7, 11) is 0. The van der Waals surface area contributed by atoms with E-state index in [-0.39, 0.29) is 11.7 Å². The lowest BCUT2D eigenvalue weighted by Gasteiger charge is -2.15. The molecule has 0 saturated carbocycles. The average Bonchev–Trinajstić information content (AvgIpc) is 3.22. The second kappa shape index (κ2) is 7.15. The van der Waals surface area contributed by atoms with Gasteiger partial charge in [0.2, 0.25) is 5.91 Å². The first-order chi connectivity index (χ1) is 11.2. The van der Waals surface area contributed by atoms with Crippen LogP contribution >= 0.6 is 11.8 Å². The van der Waals surface area contributed by atoms with Gasteiger partial charge in [0.05, 0.1) is 12.0 Å². The number of benzene rings is 1. The van der Waals surface area contributed by atoms with Gasteiger partial charge in [-0.05, 0) is 24.1 Å². The predicted octanol–water partition coefficient (Wildman–Crippen LogP) is 2.10. The predicted molar refractivity (Wildman–Crippen MR) is 87.9 cm³/mol. The SMILES string of the molecule is O=C(N/N=C1/SCC(=O)N1CCc1ccccc1)c1ccco1. The highest BCUT2D eigenvalue weighted by Gasteiger charge is 2.28. The van der Waals surface area contributed by atoms with Crippen molar-refractivity contribution in [3.8, 4) is 0 Å². The van der Waals surface area contributed by atoms with Crippen LogP contribution in [-0.4, -0.2) is 34.2 Å². The quantitative estimate of drug-likeness (QED) is 0.853. The van der Waals surface area contributed by atoms with E-state index >= 15 is 0 Å². The first kappa shape index (κ1) is 15.4. The Balaban J connectivity index is 1.62. The number of furan rings is 1. The Bertz CT molecular complexity index is 713. The summed E-state index contributed by atoms with van der Waals surface area (Å²) in [4.78, 5) is 25.4. The zero-order chi connectivity index (χ0) is 16.1. The molecule has 1 aliphatic rings. The van der Waals surface area contributed by atoms with Crippen molar-refractivity contribution in [2.24, 2.45) is 5.10 Å². The van der Waals surface area contributed by atoms with Crippen LogP contribution in [0.5, 0.6) is 0 Å². The van der Waals surface area contributed by atoms with Gasteiger partial charge in [-0.15, -0.1) is 5.10 Å². The van der Waals surface area contributed by atoms with Gasteiger partial charge < -0.3 is 4.42 Å². The van der Waals surface area contributed by atoms with Gasteiger partial charge in [0.25, 0.3) is 0 Å². The van der Waals surface area contributed by atoms with Crippen LogP contribution in [0, 0.1) is 0 Å². The Morgan fingerprint density at radius 2 is 2.09 bits per heavy atom. The summed E-state index contributed by atoms with van der Waals surface area (Å²) in [6.07, 6.45) is 2.15. The van der Waals surface area contributed by atoms with Crippen molar-refractivity contribution in [2.45, 2.75) is 6.42 Å². The van der Waals surface area contributed by atoms with Crippen LogP contribution in [-0.2, 0) is 11.2 Å². The van der Waals surface area contributed by atoms with Gasteiger partial charge >= 0.3 is 5.91 Å². The van der Waals surface area contributed by atoms with E-state index in [2.05, 4.69) is 10.5 Å². The summed E-state index contributed by atoms with van der Waals surface area (Å²) in [5, 5.41) is 4.55. The van der Waals surface area contributed by atoms with Crippen LogP contribution < -0.4 is 5.43 Å². The third-order valence-electron chi connectivity index (χ3n) is 3.32. The summed E-state index contributed by atoms with van der Waals surface area (Å²) in [6.45, 7) is 0.533. The molecule has 118 valence electrons. The molecule has 1 aliphatic heterocycles. The van der Waals surface area contributed by atoms with E-state index in [4.69, 9.17) is 4.42 Å². The molecule has 0 spiro atoms. The molecule has 2 aromatic rings. The highest BCUT2D eigenvalue weighted by Crippen LogP contribution is 2.19. The smallest absolute Gasteiger partial charge is 0.307 e.